The number of ether oxygens (including phenoxy) is 1. The molecule has 9 atom stereocenters. The van der Waals surface area contributed by atoms with E-state index in [0.717, 1.165) is 61.5 Å². The van der Waals surface area contributed by atoms with Gasteiger partial charge in [-0.3, -0.25) is 4.79 Å². The predicted molar refractivity (Wildman–Crippen MR) is 106 cm³/mol. The van der Waals surface area contributed by atoms with Gasteiger partial charge in [0, 0.05) is 11.8 Å². The molecule has 5 aliphatic carbocycles. The van der Waals surface area contributed by atoms with Gasteiger partial charge in [0.2, 0.25) is 0 Å². The maximum absolute atomic E-state index is 12.2. The van der Waals surface area contributed by atoms with Gasteiger partial charge >= 0.3 is 5.97 Å². The molecule has 5 fully saturated rings. The Morgan fingerprint density at radius 3 is 2.79 bits per heavy atom. The maximum Gasteiger partial charge on any atom is 0.306 e. The molecule has 6 rings (SSSR count). The van der Waals surface area contributed by atoms with Gasteiger partial charge in [-0.1, -0.05) is 24.6 Å². The van der Waals surface area contributed by atoms with Gasteiger partial charge in [0.15, 0.2) is 0 Å². The molecule has 0 aromatic rings. The van der Waals surface area contributed by atoms with Gasteiger partial charge in [-0.15, -0.1) is 0 Å². The maximum atomic E-state index is 12.2. The largest absolute Gasteiger partial charge is 0.458 e. The van der Waals surface area contributed by atoms with Crippen LogP contribution in [0.25, 0.3) is 0 Å². The Hall–Kier alpha value is -1.32. The van der Waals surface area contributed by atoms with Gasteiger partial charge in [-0.05, 0) is 98.9 Å². The Balaban J connectivity index is 1.40. The highest BCUT2D eigenvalue weighted by Gasteiger charge is 2.72. The van der Waals surface area contributed by atoms with Gasteiger partial charge in [-0.25, -0.2) is 0 Å². The van der Waals surface area contributed by atoms with E-state index < -0.39 is 0 Å². The van der Waals surface area contributed by atoms with Crippen molar-refractivity contribution in [2.75, 3.05) is 0 Å². The molecule has 0 aromatic heterocycles. The third kappa shape index (κ3) is 1.98. The quantitative estimate of drug-likeness (QED) is 0.396. The molecule has 1 aliphatic heterocycles. The van der Waals surface area contributed by atoms with E-state index in [-0.39, 0.29) is 17.0 Å². The number of fused-ring (bicyclic) bond motifs is 9. The predicted octanol–water partition coefficient (Wildman–Crippen LogP) is 4.96. The number of esters is 1. The van der Waals surface area contributed by atoms with Crippen LogP contribution in [0.5, 0.6) is 0 Å². The number of hydrogen-bond acceptors (Lipinski definition) is 4. The summed E-state index contributed by atoms with van der Waals surface area (Å²) in [6.45, 7) is 4.82. The van der Waals surface area contributed by atoms with E-state index in [1.165, 1.54) is 19.3 Å². The number of oxime groups is 1. The Morgan fingerprint density at radius 1 is 1.21 bits per heavy atom. The van der Waals surface area contributed by atoms with Crippen LogP contribution in [-0.4, -0.2) is 22.5 Å². The molecule has 1 N–H and O–H groups in total. The molecule has 0 amide bonds. The second kappa shape index (κ2) is 5.64. The normalized spacial score (nSPS) is 55.2. The fraction of sp³-hybridized carbons (Fsp3) is 0.833. The van der Waals surface area contributed by atoms with Crippen molar-refractivity contribution in [1.29, 1.82) is 0 Å². The van der Waals surface area contributed by atoms with Crippen molar-refractivity contribution in [3.63, 3.8) is 0 Å². The lowest BCUT2D eigenvalue weighted by Crippen LogP contribution is -2.55. The monoisotopic (exact) mass is 383 g/mol. The SMILES string of the molecule is CCC12CCC3C4CC/C(=N\O)C=C4C4CC4C3C1[C@@H](C)C[C@@]21CCC(=O)O1. The zero-order valence-electron chi connectivity index (χ0n) is 17.2. The zero-order valence-corrected chi connectivity index (χ0v) is 17.2. The summed E-state index contributed by atoms with van der Waals surface area (Å²) >= 11 is 0. The van der Waals surface area contributed by atoms with Crippen LogP contribution in [0.2, 0.25) is 0 Å². The summed E-state index contributed by atoms with van der Waals surface area (Å²) < 4.78 is 6.21. The van der Waals surface area contributed by atoms with Crippen molar-refractivity contribution in [2.45, 2.75) is 77.2 Å². The molecule has 6 aliphatic rings. The lowest BCUT2D eigenvalue weighted by molar-refractivity contribution is -0.171. The van der Waals surface area contributed by atoms with Crippen LogP contribution >= 0.6 is 0 Å². The van der Waals surface area contributed by atoms with Crippen molar-refractivity contribution in [3.8, 4) is 0 Å². The molecular weight excluding hydrogens is 350 g/mol. The summed E-state index contributed by atoms with van der Waals surface area (Å²) in [6.07, 6.45) is 12.0. The summed E-state index contributed by atoms with van der Waals surface area (Å²) in [5.74, 6) is 5.25. The average Bonchev–Trinajstić information content (AvgIpc) is 3.37. The van der Waals surface area contributed by atoms with Crippen LogP contribution in [0.1, 0.15) is 71.6 Å². The Kier molecular flexibility index (Phi) is 3.53. The molecule has 0 aromatic carbocycles. The first-order chi connectivity index (χ1) is 13.5. The molecule has 0 bridgehead atoms. The second-order valence-corrected chi connectivity index (χ2v) is 10.9. The standard InChI is InChI=1S/C24H33NO3/c1-3-23-8-6-16-15-5-4-14(25-27)10-17(15)18-11-19(18)21(16)22(23)13(2)12-24(23)9-7-20(26)28-24/h10,13,15-16,18-19,21-22,27H,3-9,11-12H2,1-2H3/b25-14+/t13-,15?,16?,18?,19?,21?,22?,23?,24-/m0/s1. The molecule has 1 heterocycles. The van der Waals surface area contributed by atoms with Crippen LogP contribution in [0.15, 0.2) is 16.8 Å². The van der Waals surface area contributed by atoms with Gasteiger partial charge in [0.05, 0.1) is 5.71 Å². The smallest absolute Gasteiger partial charge is 0.306 e. The van der Waals surface area contributed by atoms with E-state index >= 15 is 0 Å². The molecule has 1 spiro atoms. The van der Waals surface area contributed by atoms with Crippen molar-refractivity contribution in [2.24, 2.45) is 52.0 Å². The highest BCUT2D eigenvalue weighted by atomic mass is 16.6. The number of allylic oxidation sites excluding steroid dienone is 2. The molecule has 7 unspecified atom stereocenters. The van der Waals surface area contributed by atoms with E-state index in [9.17, 15) is 10.0 Å². The molecule has 4 saturated carbocycles. The molecular formula is C24H33NO3. The van der Waals surface area contributed by atoms with Crippen LogP contribution < -0.4 is 0 Å². The molecule has 28 heavy (non-hydrogen) atoms. The average molecular weight is 384 g/mol. The van der Waals surface area contributed by atoms with Crippen LogP contribution in [-0.2, 0) is 9.53 Å². The minimum absolute atomic E-state index is 0.0454. The van der Waals surface area contributed by atoms with E-state index in [0.29, 0.717) is 24.2 Å². The van der Waals surface area contributed by atoms with Crippen LogP contribution in [0.3, 0.4) is 0 Å². The molecule has 0 radical (unpaired) electrons. The van der Waals surface area contributed by atoms with Gasteiger partial charge in [-0.2, -0.15) is 0 Å². The lowest BCUT2D eigenvalue weighted by atomic mass is 9.48. The first-order valence-corrected chi connectivity index (χ1v) is 11.7. The fourth-order valence-corrected chi connectivity index (χ4v) is 9.42. The third-order valence-corrected chi connectivity index (χ3v) is 10.2. The number of carbonyl (C=O) groups excluding carboxylic acids is 1. The van der Waals surface area contributed by atoms with Crippen LogP contribution in [0.4, 0.5) is 0 Å². The molecule has 1 saturated heterocycles. The van der Waals surface area contributed by atoms with Crippen molar-refractivity contribution in [1.82, 2.24) is 0 Å². The second-order valence-electron chi connectivity index (χ2n) is 10.9. The topological polar surface area (TPSA) is 58.9 Å². The Morgan fingerprint density at radius 2 is 2.07 bits per heavy atom. The van der Waals surface area contributed by atoms with Crippen molar-refractivity contribution >= 4 is 11.7 Å². The molecule has 4 nitrogen and oxygen atoms in total. The molecule has 152 valence electrons. The number of nitrogens with zero attached hydrogens (tertiary/aromatic N) is 1. The van der Waals surface area contributed by atoms with Gasteiger partial charge in [0.1, 0.15) is 5.60 Å². The number of hydrogen-bond donors (Lipinski definition) is 1. The van der Waals surface area contributed by atoms with E-state index in [1.54, 1.807) is 5.57 Å². The summed E-state index contributed by atoms with van der Waals surface area (Å²) in [5, 5.41) is 12.8. The number of rotatable bonds is 1. The minimum atomic E-state index is -0.169. The Bertz CT molecular complexity index is 787. The summed E-state index contributed by atoms with van der Waals surface area (Å²) in [6, 6.07) is 0. The van der Waals surface area contributed by atoms with Crippen molar-refractivity contribution in [3.05, 3.63) is 11.6 Å². The van der Waals surface area contributed by atoms with E-state index in [4.69, 9.17) is 4.74 Å². The van der Waals surface area contributed by atoms with E-state index in [1.807, 2.05) is 0 Å². The number of carbonyl (C=O) groups is 1. The summed E-state index contributed by atoms with van der Waals surface area (Å²) in [5.41, 5.74) is 2.54. The van der Waals surface area contributed by atoms with Crippen LogP contribution in [0, 0.1) is 46.8 Å². The first kappa shape index (κ1) is 17.5. The highest BCUT2D eigenvalue weighted by Crippen LogP contribution is 2.75. The summed E-state index contributed by atoms with van der Waals surface area (Å²) in [7, 11) is 0. The van der Waals surface area contributed by atoms with Gasteiger partial charge in [0.25, 0.3) is 0 Å². The van der Waals surface area contributed by atoms with E-state index in [2.05, 4.69) is 25.1 Å². The van der Waals surface area contributed by atoms with Crippen molar-refractivity contribution < 1.29 is 14.7 Å². The highest BCUT2D eigenvalue weighted by molar-refractivity contribution is 5.96. The fourth-order valence-electron chi connectivity index (χ4n) is 9.42. The molecule has 4 heteroatoms. The lowest BCUT2D eigenvalue weighted by Gasteiger charge is -2.57. The zero-order chi connectivity index (χ0) is 19.3. The summed E-state index contributed by atoms with van der Waals surface area (Å²) in [4.78, 5) is 12.2. The van der Waals surface area contributed by atoms with Gasteiger partial charge < -0.3 is 9.94 Å². The minimum Gasteiger partial charge on any atom is -0.458 e. The first-order valence-electron chi connectivity index (χ1n) is 11.7. The Labute approximate surface area is 167 Å². The third-order valence-electron chi connectivity index (χ3n) is 10.2.